The number of aryl methyl sites for hydroxylation is 1. The number of hydrogen-bond acceptors (Lipinski definition) is 4. The van der Waals surface area contributed by atoms with Gasteiger partial charge in [0.2, 0.25) is 5.91 Å². The van der Waals surface area contributed by atoms with E-state index in [0.29, 0.717) is 21.6 Å². The van der Waals surface area contributed by atoms with Crippen molar-refractivity contribution in [3.63, 3.8) is 0 Å². The number of benzene rings is 2. The van der Waals surface area contributed by atoms with Crippen molar-refractivity contribution in [2.45, 2.75) is 13.5 Å². The van der Waals surface area contributed by atoms with Gasteiger partial charge < -0.3 is 5.32 Å². The summed E-state index contributed by atoms with van der Waals surface area (Å²) in [6.45, 7) is 1.64. The third-order valence-corrected chi connectivity index (χ3v) is 5.96. The number of fused-ring (bicyclic) bond motifs is 1. The number of carbonyl (C=O) groups is 1. The van der Waals surface area contributed by atoms with Crippen LogP contribution in [0.25, 0.3) is 15.9 Å². The van der Waals surface area contributed by atoms with E-state index in [0.717, 1.165) is 14.6 Å². The van der Waals surface area contributed by atoms with E-state index >= 15 is 0 Å². The first-order valence-electron chi connectivity index (χ1n) is 8.80. The molecule has 4 aromatic rings. The number of amides is 1. The van der Waals surface area contributed by atoms with Crippen molar-refractivity contribution in [3.05, 3.63) is 90.9 Å². The van der Waals surface area contributed by atoms with Crippen LogP contribution in [0.5, 0.6) is 0 Å². The highest BCUT2D eigenvalue weighted by Crippen LogP contribution is 2.18. The van der Waals surface area contributed by atoms with E-state index in [9.17, 15) is 14.4 Å². The van der Waals surface area contributed by atoms with Gasteiger partial charge in [-0.15, -0.1) is 11.3 Å². The second kappa shape index (κ2) is 7.81. The standard InChI is InChI=1S/C21H16BrN3O3S/c1-13-4-2-3-5-16(13)25-20(27)19-17(10-11-29-19)24(21(25)28)12-18(26)23-15-8-6-14(22)7-9-15/h2-11H,12H2,1H3,(H,23,26). The molecule has 29 heavy (non-hydrogen) atoms. The fraction of sp³-hybridized carbons (Fsp3) is 0.0952. The lowest BCUT2D eigenvalue weighted by Gasteiger charge is -2.13. The Morgan fingerprint density at radius 2 is 1.79 bits per heavy atom. The Balaban J connectivity index is 1.80. The molecule has 0 saturated carbocycles. The first-order valence-corrected chi connectivity index (χ1v) is 10.5. The van der Waals surface area contributed by atoms with Gasteiger partial charge in [0.1, 0.15) is 11.2 Å². The summed E-state index contributed by atoms with van der Waals surface area (Å²) in [5, 5.41) is 4.53. The predicted octanol–water partition coefficient (Wildman–Crippen LogP) is 3.92. The van der Waals surface area contributed by atoms with Gasteiger partial charge in [0, 0.05) is 10.2 Å². The van der Waals surface area contributed by atoms with Crippen LogP contribution in [0.2, 0.25) is 0 Å². The SMILES string of the molecule is Cc1ccccc1-n1c(=O)c2sccc2n(CC(=O)Nc2ccc(Br)cc2)c1=O. The largest absolute Gasteiger partial charge is 0.336 e. The van der Waals surface area contributed by atoms with Crippen LogP contribution in [-0.2, 0) is 11.3 Å². The molecule has 0 radical (unpaired) electrons. The van der Waals surface area contributed by atoms with E-state index in [1.54, 1.807) is 35.7 Å². The van der Waals surface area contributed by atoms with Gasteiger partial charge in [-0.3, -0.25) is 14.2 Å². The molecule has 0 aliphatic rings. The first kappa shape index (κ1) is 19.4. The molecule has 2 aromatic heterocycles. The lowest BCUT2D eigenvalue weighted by Crippen LogP contribution is -2.40. The quantitative estimate of drug-likeness (QED) is 0.492. The minimum Gasteiger partial charge on any atom is -0.325 e. The third-order valence-electron chi connectivity index (χ3n) is 4.54. The number of aromatic nitrogens is 2. The molecule has 0 fully saturated rings. The number of nitrogens with zero attached hydrogens (tertiary/aromatic N) is 2. The van der Waals surface area contributed by atoms with Crippen molar-refractivity contribution in [3.8, 4) is 5.69 Å². The number of hydrogen-bond donors (Lipinski definition) is 1. The summed E-state index contributed by atoms with van der Waals surface area (Å²) in [4.78, 5) is 38.8. The Morgan fingerprint density at radius 3 is 2.52 bits per heavy atom. The molecule has 0 atom stereocenters. The molecule has 0 saturated heterocycles. The molecule has 1 N–H and O–H groups in total. The second-order valence-corrected chi connectivity index (χ2v) is 8.32. The molecule has 146 valence electrons. The van der Waals surface area contributed by atoms with Crippen molar-refractivity contribution >= 4 is 49.1 Å². The molecule has 0 aliphatic heterocycles. The maximum atomic E-state index is 13.2. The lowest BCUT2D eigenvalue weighted by atomic mass is 10.2. The number of halogens is 1. The van der Waals surface area contributed by atoms with Crippen LogP contribution >= 0.6 is 27.3 Å². The monoisotopic (exact) mass is 469 g/mol. The number of anilines is 1. The lowest BCUT2D eigenvalue weighted by molar-refractivity contribution is -0.116. The number of rotatable bonds is 4. The van der Waals surface area contributed by atoms with E-state index in [-0.39, 0.29) is 18.0 Å². The minimum atomic E-state index is -0.541. The molecule has 8 heteroatoms. The summed E-state index contributed by atoms with van der Waals surface area (Å²) in [7, 11) is 0. The molecule has 0 aliphatic carbocycles. The predicted molar refractivity (Wildman–Crippen MR) is 119 cm³/mol. The third kappa shape index (κ3) is 3.68. The van der Waals surface area contributed by atoms with Crippen molar-refractivity contribution in [2.24, 2.45) is 0 Å². The van der Waals surface area contributed by atoms with Gasteiger partial charge in [-0.2, -0.15) is 0 Å². The van der Waals surface area contributed by atoms with Crippen molar-refractivity contribution in [1.29, 1.82) is 0 Å². The van der Waals surface area contributed by atoms with Gasteiger partial charge in [-0.05, 0) is 54.3 Å². The average Bonchev–Trinajstić information content (AvgIpc) is 3.19. The summed E-state index contributed by atoms with van der Waals surface area (Å²) in [5.74, 6) is -0.350. The summed E-state index contributed by atoms with van der Waals surface area (Å²) >= 11 is 4.61. The maximum Gasteiger partial charge on any atom is 0.336 e. The Labute approximate surface area is 178 Å². The zero-order chi connectivity index (χ0) is 20.5. The Morgan fingerprint density at radius 1 is 1.07 bits per heavy atom. The van der Waals surface area contributed by atoms with E-state index in [4.69, 9.17) is 0 Å². The number of para-hydroxylation sites is 1. The van der Waals surface area contributed by atoms with Crippen LogP contribution in [0.4, 0.5) is 5.69 Å². The van der Waals surface area contributed by atoms with Crippen molar-refractivity contribution in [1.82, 2.24) is 9.13 Å². The van der Waals surface area contributed by atoms with Crippen LogP contribution in [-0.4, -0.2) is 15.0 Å². The number of carbonyl (C=O) groups excluding carboxylic acids is 1. The molecular formula is C21H16BrN3O3S. The molecule has 6 nitrogen and oxygen atoms in total. The Bertz CT molecular complexity index is 1340. The van der Waals surface area contributed by atoms with E-state index < -0.39 is 5.69 Å². The molecular weight excluding hydrogens is 454 g/mol. The zero-order valence-corrected chi connectivity index (χ0v) is 17.8. The van der Waals surface area contributed by atoms with Crippen molar-refractivity contribution < 1.29 is 4.79 Å². The topological polar surface area (TPSA) is 73.1 Å². The van der Waals surface area contributed by atoms with Gasteiger partial charge in [0.15, 0.2) is 0 Å². The fourth-order valence-electron chi connectivity index (χ4n) is 3.14. The molecule has 4 rings (SSSR count). The Kier molecular flexibility index (Phi) is 5.21. The first-order chi connectivity index (χ1) is 14.0. The van der Waals surface area contributed by atoms with Gasteiger partial charge >= 0.3 is 5.69 Å². The van der Waals surface area contributed by atoms with E-state index in [2.05, 4.69) is 21.2 Å². The summed E-state index contributed by atoms with van der Waals surface area (Å²) in [5.41, 5.74) is 1.48. The van der Waals surface area contributed by atoms with Crippen LogP contribution in [0.15, 0.2) is 74.0 Å². The molecule has 1 amide bonds. The number of nitrogens with one attached hydrogen (secondary N) is 1. The van der Waals surface area contributed by atoms with Crippen LogP contribution in [0.3, 0.4) is 0 Å². The molecule has 0 bridgehead atoms. The molecule has 0 spiro atoms. The molecule has 0 unspecified atom stereocenters. The van der Waals surface area contributed by atoms with Gasteiger partial charge in [-0.1, -0.05) is 34.1 Å². The zero-order valence-electron chi connectivity index (χ0n) is 15.4. The van der Waals surface area contributed by atoms with Gasteiger partial charge in [-0.25, -0.2) is 9.36 Å². The normalized spacial score (nSPS) is 11.0. The summed E-state index contributed by atoms with van der Waals surface area (Å²) < 4.78 is 3.82. The highest BCUT2D eigenvalue weighted by molar-refractivity contribution is 9.10. The second-order valence-electron chi connectivity index (χ2n) is 6.49. The summed E-state index contributed by atoms with van der Waals surface area (Å²) in [6, 6.07) is 16.0. The highest BCUT2D eigenvalue weighted by atomic mass is 79.9. The van der Waals surface area contributed by atoms with Crippen LogP contribution in [0, 0.1) is 6.92 Å². The number of thiophene rings is 1. The summed E-state index contributed by atoms with van der Waals surface area (Å²) in [6.07, 6.45) is 0. The highest BCUT2D eigenvalue weighted by Gasteiger charge is 2.18. The van der Waals surface area contributed by atoms with E-state index in [1.165, 1.54) is 15.9 Å². The average molecular weight is 470 g/mol. The van der Waals surface area contributed by atoms with Gasteiger partial charge in [0.05, 0.1) is 11.2 Å². The van der Waals surface area contributed by atoms with Crippen LogP contribution < -0.4 is 16.6 Å². The minimum absolute atomic E-state index is 0.200. The van der Waals surface area contributed by atoms with Gasteiger partial charge in [0.25, 0.3) is 5.56 Å². The molecule has 2 aromatic carbocycles. The van der Waals surface area contributed by atoms with E-state index in [1.807, 2.05) is 31.2 Å². The fourth-order valence-corrected chi connectivity index (χ4v) is 4.23. The molecule has 2 heterocycles. The van der Waals surface area contributed by atoms with Crippen molar-refractivity contribution in [2.75, 3.05) is 5.32 Å². The van der Waals surface area contributed by atoms with Crippen LogP contribution in [0.1, 0.15) is 5.56 Å². The Hall–Kier alpha value is -2.97. The smallest absolute Gasteiger partial charge is 0.325 e. The maximum absolute atomic E-state index is 13.2.